The van der Waals surface area contributed by atoms with Gasteiger partial charge in [0.25, 0.3) is 0 Å². The number of carbonyl (C=O) groups is 1. The molecule has 1 aromatic rings. The number of carbonyl (C=O) groups excluding carboxylic acids is 1. The van der Waals surface area contributed by atoms with Crippen molar-refractivity contribution in [1.82, 2.24) is 10.6 Å². The van der Waals surface area contributed by atoms with Gasteiger partial charge >= 0.3 is 0 Å². The van der Waals surface area contributed by atoms with Gasteiger partial charge in [-0.1, -0.05) is 30.3 Å². The van der Waals surface area contributed by atoms with Gasteiger partial charge in [-0.15, -0.1) is 0 Å². The van der Waals surface area contributed by atoms with Crippen LogP contribution in [0.4, 0.5) is 0 Å². The van der Waals surface area contributed by atoms with Crippen LogP contribution >= 0.6 is 0 Å². The summed E-state index contributed by atoms with van der Waals surface area (Å²) in [5.74, 6) is 0.908. The molecule has 1 aliphatic heterocycles. The lowest BCUT2D eigenvalue weighted by Crippen LogP contribution is -2.29. The molecule has 0 atom stereocenters. The second-order valence-corrected chi connectivity index (χ2v) is 4.99. The highest BCUT2D eigenvalue weighted by atomic mass is 16.1. The molecule has 1 heterocycles. The summed E-state index contributed by atoms with van der Waals surface area (Å²) in [4.78, 5) is 11.7. The fourth-order valence-electron chi connectivity index (χ4n) is 2.39. The van der Waals surface area contributed by atoms with Crippen molar-refractivity contribution in [2.24, 2.45) is 5.92 Å². The standard InChI is InChI=1S/C15H22N2O/c18-15(7-6-13-8-10-16-11-9-13)17-12-14-4-2-1-3-5-14/h1-5,13,16H,6-12H2,(H,17,18). The van der Waals surface area contributed by atoms with Crippen LogP contribution in [-0.2, 0) is 11.3 Å². The van der Waals surface area contributed by atoms with E-state index >= 15 is 0 Å². The van der Waals surface area contributed by atoms with Crippen LogP contribution in [0.3, 0.4) is 0 Å². The first-order valence-electron chi connectivity index (χ1n) is 6.86. The third-order valence-corrected chi connectivity index (χ3v) is 3.57. The zero-order chi connectivity index (χ0) is 12.6. The molecule has 18 heavy (non-hydrogen) atoms. The van der Waals surface area contributed by atoms with Gasteiger partial charge in [-0.25, -0.2) is 0 Å². The topological polar surface area (TPSA) is 41.1 Å². The van der Waals surface area contributed by atoms with Crippen LogP contribution in [0.1, 0.15) is 31.2 Å². The van der Waals surface area contributed by atoms with E-state index in [9.17, 15) is 4.79 Å². The molecule has 2 N–H and O–H groups in total. The number of hydrogen-bond acceptors (Lipinski definition) is 2. The second-order valence-electron chi connectivity index (χ2n) is 4.99. The maximum Gasteiger partial charge on any atom is 0.220 e. The lowest BCUT2D eigenvalue weighted by molar-refractivity contribution is -0.121. The van der Waals surface area contributed by atoms with Crippen molar-refractivity contribution in [3.8, 4) is 0 Å². The van der Waals surface area contributed by atoms with E-state index in [4.69, 9.17) is 0 Å². The Balaban J connectivity index is 1.63. The Morgan fingerprint density at radius 1 is 1.22 bits per heavy atom. The quantitative estimate of drug-likeness (QED) is 0.835. The minimum atomic E-state index is 0.178. The molecule has 0 unspecified atom stereocenters. The molecule has 1 fully saturated rings. The Morgan fingerprint density at radius 2 is 1.94 bits per heavy atom. The van der Waals surface area contributed by atoms with Gasteiger partial charge in [-0.05, 0) is 43.8 Å². The monoisotopic (exact) mass is 246 g/mol. The molecule has 1 saturated heterocycles. The van der Waals surface area contributed by atoms with E-state index < -0.39 is 0 Å². The van der Waals surface area contributed by atoms with Gasteiger partial charge in [0.2, 0.25) is 5.91 Å². The maximum atomic E-state index is 11.7. The average molecular weight is 246 g/mol. The molecule has 3 heteroatoms. The third-order valence-electron chi connectivity index (χ3n) is 3.57. The molecule has 0 aliphatic carbocycles. The normalized spacial score (nSPS) is 16.4. The van der Waals surface area contributed by atoms with Crippen LogP contribution in [0.25, 0.3) is 0 Å². The minimum absolute atomic E-state index is 0.178. The molecular weight excluding hydrogens is 224 g/mol. The van der Waals surface area contributed by atoms with Crippen molar-refractivity contribution in [1.29, 1.82) is 0 Å². The first kappa shape index (κ1) is 13.1. The lowest BCUT2D eigenvalue weighted by Gasteiger charge is -2.22. The summed E-state index contributed by atoms with van der Waals surface area (Å²) in [6, 6.07) is 10.1. The Labute approximate surface area is 109 Å². The first-order chi connectivity index (χ1) is 8.84. The van der Waals surface area contributed by atoms with Crippen molar-refractivity contribution in [2.45, 2.75) is 32.2 Å². The van der Waals surface area contributed by atoms with Gasteiger partial charge in [-0.3, -0.25) is 4.79 Å². The predicted molar refractivity (Wildman–Crippen MR) is 73.1 cm³/mol. The van der Waals surface area contributed by atoms with E-state index in [1.807, 2.05) is 30.3 Å². The summed E-state index contributed by atoms with van der Waals surface area (Å²) in [5.41, 5.74) is 1.16. The van der Waals surface area contributed by atoms with Crippen LogP contribution in [0.15, 0.2) is 30.3 Å². The van der Waals surface area contributed by atoms with E-state index in [2.05, 4.69) is 10.6 Å². The maximum absolute atomic E-state index is 11.7. The number of rotatable bonds is 5. The van der Waals surface area contributed by atoms with Gasteiger partial charge in [0.15, 0.2) is 0 Å². The van der Waals surface area contributed by atoms with Crippen LogP contribution in [0.5, 0.6) is 0 Å². The molecule has 0 radical (unpaired) electrons. The van der Waals surface area contributed by atoms with Gasteiger partial charge < -0.3 is 10.6 Å². The predicted octanol–water partition coefficient (Wildman–Crippen LogP) is 2.08. The van der Waals surface area contributed by atoms with Crippen molar-refractivity contribution in [2.75, 3.05) is 13.1 Å². The SMILES string of the molecule is O=C(CCC1CCNCC1)NCc1ccccc1. The number of amides is 1. The molecule has 0 spiro atoms. The summed E-state index contributed by atoms with van der Waals surface area (Å²) >= 11 is 0. The molecule has 1 aliphatic rings. The molecule has 1 aromatic carbocycles. The van der Waals surface area contributed by atoms with Gasteiger partial charge in [-0.2, -0.15) is 0 Å². The fourth-order valence-corrected chi connectivity index (χ4v) is 2.39. The summed E-state index contributed by atoms with van der Waals surface area (Å²) in [7, 11) is 0. The van der Waals surface area contributed by atoms with Crippen molar-refractivity contribution >= 4 is 5.91 Å². The number of hydrogen-bond donors (Lipinski definition) is 2. The molecule has 2 rings (SSSR count). The Bertz CT molecular complexity index is 358. The van der Waals surface area contributed by atoms with Gasteiger partial charge in [0, 0.05) is 13.0 Å². The highest BCUT2D eigenvalue weighted by Gasteiger charge is 2.14. The van der Waals surface area contributed by atoms with E-state index in [0.717, 1.165) is 31.0 Å². The van der Waals surface area contributed by atoms with E-state index in [1.54, 1.807) is 0 Å². The molecule has 3 nitrogen and oxygen atoms in total. The molecule has 1 amide bonds. The highest BCUT2D eigenvalue weighted by Crippen LogP contribution is 2.17. The first-order valence-corrected chi connectivity index (χ1v) is 6.86. The van der Waals surface area contributed by atoms with E-state index in [1.165, 1.54) is 12.8 Å². The molecule has 98 valence electrons. The smallest absolute Gasteiger partial charge is 0.220 e. The molecular formula is C15H22N2O. The van der Waals surface area contributed by atoms with Crippen LogP contribution in [0.2, 0.25) is 0 Å². The molecule has 0 saturated carbocycles. The molecule has 0 aromatic heterocycles. The zero-order valence-electron chi connectivity index (χ0n) is 10.8. The Kier molecular flexibility index (Phi) is 5.21. The molecule has 0 bridgehead atoms. The largest absolute Gasteiger partial charge is 0.352 e. The third kappa shape index (κ3) is 4.49. The Morgan fingerprint density at radius 3 is 2.67 bits per heavy atom. The van der Waals surface area contributed by atoms with E-state index in [0.29, 0.717) is 13.0 Å². The number of nitrogens with one attached hydrogen (secondary N) is 2. The average Bonchev–Trinajstić information content (AvgIpc) is 2.45. The van der Waals surface area contributed by atoms with Crippen molar-refractivity contribution < 1.29 is 4.79 Å². The van der Waals surface area contributed by atoms with Gasteiger partial charge in [0.05, 0.1) is 0 Å². The van der Waals surface area contributed by atoms with Crippen LogP contribution in [0, 0.1) is 5.92 Å². The highest BCUT2D eigenvalue weighted by molar-refractivity contribution is 5.75. The van der Waals surface area contributed by atoms with E-state index in [-0.39, 0.29) is 5.91 Å². The van der Waals surface area contributed by atoms with Crippen LogP contribution < -0.4 is 10.6 Å². The summed E-state index contributed by atoms with van der Waals surface area (Å²) in [6.07, 6.45) is 4.12. The minimum Gasteiger partial charge on any atom is -0.352 e. The van der Waals surface area contributed by atoms with Crippen molar-refractivity contribution in [3.63, 3.8) is 0 Å². The number of benzene rings is 1. The van der Waals surface area contributed by atoms with Crippen LogP contribution in [-0.4, -0.2) is 19.0 Å². The summed E-state index contributed by atoms with van der Waals surface area (Å²) in [5, 5.41) is 6.33. The van der Waals surface area contributed by atoms with Crippen molar-refractivity contribution in [3.05, 3.63) is 35.9 Å². The second kappa shape index (κ2) is 7.17. The van der Waals surface area contributed by atoms with Gasteiger partial charge in [0.1, 0.15) is 0 Å². The summed E-state index contributed by atoms with van der Waals surface area (Å²) < 4.78 is 0. The zero-order valence-corrected chi connectivity index (χ0v) is 10.8. The fraction of sp³-hybridized carbons (Fsp3) is 0.533. The summed E-state index contributed by atoms with van der Waals surface area (Å²) in [6.45, 7) is 2.86. The lowest BCUT2D eigenvalue weighted by atomic mass is 9.93. The Hall–Kier alpha value is -1.35. The number of piperidine rings is 1.